The normalized spacial score (nSPS) is 18.2. The Bertz CT molecular complexity index is 855. The fourth-order valence-corrected chi connectivity index (χ4v) is 4.67. The first-order chi connectivity index (χ1) is 15.1. The summed E-state index contributed by atoms with van der Waals surface area (Å²) in [4.78, 5) is 30.8. The lowest BCUT2D eigenvalue weighted by Gasteiger charge is -2.36. The zero-order valence-corrected chi connectivity index (χ0v) is 17.9. The van der Waals surface area contributed by atoms with Crippen molar-refractivity contribution >= 4 is 11.8 Å². The standard InChI is InChI=1S/C24H30FN3O3/c25-20-10-8-19(9-11-20)17-28(21-5-2-1-3-6-21)23(29)18-26-12-14-27(15-13-26)24(30)22-7-4-16-31-22/h4,7-11,16,21H,1-3,5-6,12-15,17-18H2/p+1. The Morgan fingerprint density at radius 2 is 1.77 bits per heavy atom. The lowest BCUT2D eigenvalue weighted by molar-refractivity contribution is -0.896. The van der Waals surface area contributed by atoms with Crippen LogP contribution < -0.4 is 4.90 Å². The number of hydrogen-bond acceptors (Lipinski definition) is 3. The van der Waals surface area contributed by atoms with E-state index >= 15 is 0 Å². The van der Waals surface area contributed by atoms with Crippen LogP contribution in [0.3, 0.4) is 0 Å². The van der Waals surface area contributed by atoms with E-state index in [4.69, 9.17) is 4.42 Å². The molecule has 1 aliphatic heterocycles. The molecule has 2 aliphatic rings. The highest BCUT2D eigenvalue weighted by atomic mass is 19.1. The smallest absolute Gasteiger partial charge is 0.289 e. The van der Waals surface area contributed by atoms with E-state index in [1.807, 2.05) is 4.90 Å². The van der Waals surface area contributed by atoms with Crippen LogP contribution in [0.25, 0.3) is 0 Å². The number of halogens is 1. The number of hydrogen-bond donors (Lipinski definition) is 1. The summed E-state index contributed by atoms with van der Waals surface area (Å²) < 4.78 is 18.5. The molecule has 1 aromatic carbocycles. The zero-order chi connectivity index (χ0) is 21.6. The molecule has 2 fully saturated rings. The molecule has 31 heavy (non-hydrogen) atoms. The molecule has 6 nitrogen and oxygen atoms in total. The molecule has 166 valence electrons. The Kier molecular flexibility index (Phi) is 7.02. The van der Waals surface area contributed by atoms with Crippen LogP contribution in [0, 0.1) is 5.82 Å². The van der Waals surface area contributed by atoms with Gasteiger partial charge in [0, 0.05) is 12.6 Å². The fourth-order valence-electron chi connectivity index (χ4n) is 4.67. The molecule has 1 N–H and O–H groups in total. The van der Waals surface area contributed by atoms with Gasteiger partial charge in [0.1, 0.15) is 5.82 Å². The van der Waals surface area contributed by atoms with E-state index in [9.17, 15) is 14.0 Å². The van der Waals surface area contributed by atoms with Crippen LogP contribution in [-0.4, -0.2) is 60.4 Å². The van der Waals surface area contributed by atoms with Crippen molar-refractivity contribution in [2.45, 2.75) is 44.7 Å². The van der Waals surface area contributed by atoms with Crippen molar-refractivity contribution in [2.24, 2.45) is 0 Å². The minimum atomic E-state index is -0.259. The van der Waals surface area contributed by atoms with E-state index in [2.05, 4.69) is 0 Å². The number of carbonyl (C=O) groups is 2. The van der Waals surface area contributed by atoms with Gasteiger partial charge < -0.3 is 19.1 Å². The van der Waals surface area contributed by atoms with E-state index < -0.39 is 0 Å². The van der Waals surface area contributed by atoms with Gasteiger partial charge in [-0.2, -0.15) is 0 Å². The highest BCUT2D eigenvalue weighted by molar-refractivity contribution is 5.91. The van der Waals surface area contributed by atoms with Crippen molar-refractivity contribution in [3.05, 3.63) is 59.8 Å². The molecular formula is C24H31FN3O3+. The molecule has 2 heterocycles. The minimum Gasteiger partial charge on any atom is -0.459 e. The quantitative estimate of drug-likeness (QED) is 0.767. The largest absolute Gasteiger partial charge is 0.459 e. The predicted molar refractivity (Wildman–Crippen MR) is 114 cm³/mol. The first kappa shape index (κ1) is 21.6. The molecule has 0 atom stereocenters. The lowest BCUT2D eigenvalue weighted by Crippen LogP contribution is -3.15. The second kappa shape index (κ2) is 10.1. The van der Waals surface area contributed by atoms with Crippen molar-refractivity contribution in [1.29, 1.82) is 0 Å². The molecule has 1 saturated carbocycles. The number of benzene rings is 1. The van der Waals surface area contributed by atoms with Crippen LogP contribution in [0.15, 0.2) is 47.1 Å². The molecule has 2 aromatic rings. The fraction of sp³-hybridized carbons (Fsp3) is 0.500. The number of quaternary nitrogens is 1. The summed E-state index contributed by atoms with van der Waals surface area (Å²) in [5.41, 5.74) is 0.962. The van der Waals surface area contributed by atoms with Gasteiger partial charge in [-0.3, -0.25) is 9.59 Å². The van der Waals surface area contributed by atoms with Crippen molar-refractivity contribution in [3.8, 4) is 0 Å². The Labute approximate surface area is 182 Å². The Hall–Kier alpha value is -2.67. The maximum Gasteiger partial charge on any atom is 0.289 e. The highest BCUT2D eigenvalue weighted by Gasteiger charge is 2.31. The zero-order valence-electron chi connectivity index (χ0n) is 17.9. The summed E-state index contributed by atoms with van der Waals surface area (Å²) in [5, 5.41) is 0. The van der Waals surface area contributed by atoms with Gasteiger partial charge in [-0.1, -0.05) is 31.4 Å². The molecule has 0 spiro atoms. The van der Waals surface area contributed by atoms with Gasteiger partial charge in [0.2, 0.25) is 0 Å². The molecule has 4 rings (SSSR count). The van der Waals surface area contributed by atoms with Gasteiger partial charge >= 0.3 is 0 Å². The first-order valence-corrected chi connectivity index (χ1v) is 11.3. The number of rotatable bonds is 6. The van der Waals surface area contributed by atoms with Crippen molar-refractivity contribution in [3.63, 3.8) is 0 Å². The summed E-state index contributed by atoms with van der Waals surface area (Å²) in [7, 11) is 0. The second-order valence-electron chi connectivity index (χ2n) is 8.64. The summed E-state index contributed by atoms with van der Waals surface area (Å²) in [6.07, 6.45) is 7.11. The van der Waals surface area contributed by atoms with Crippen molar-refractivity contribution < 1.29 is 23.3 Å². The average Bonchev–Trinajstić information content (AvgIpc) is 3.34. The van der Waals surface area contributed by atoms with Gasteiger partial charge in [-0.15, -0.1) is 0 Å². The number of furan rings is 1. The van der Waals surface area contributed by atoms with E-state index in [0.717, 1.165) is 44.3 Å². The number of piperazine rings is 1. The van der Waals surface area contributed by atoms with Crippen molar-refractivity contribution in [2.75, 3.05) is 32.7 Å². The Morgan fingerprint density at radius 1 is 1.06 bits per heavy atom. The van der Waals surface area contributed by atoms with Gasteiger partial charge in [0.15, 0.2) is 12.3 Å². The van der Waals surface area contributed by atoms with Crippen LogP contribution in [-0.2, 0) is 11.3 Å². The molecule has 1 aromatic heterocycles. The first-order valence-electron chi connectivity index (χ1n) is 11.3. The monoisotopic (exact) mass is 428 g/mol. The molecule has 0 bridgehead atoms. The number of carbonyl (C=O) groups excluding carboxylic acids is 2. The third-order valence-electron chi connectivity index (χ3n) is 6.49. The van der Waals surface area contributed by atoms with Gasteiger partial charge in [-0.05, 0) is 42.7 Å². The van der Waals surface area contributed by atoms with E-state index in [-0.39, 0.29) is 23.7 Å². The second-order valence-corrected chi connectivity index (χ2v) is 8.64. The van der Waals surface area contributed by atoms with Crippen LogP contribution in [0.2, 0.25) is 0 Å². The SMILES string of the molecule is O=C(c1ccco1)N1CC[NH+](CC(=O)N(Cc2ccc(F)cc2)C2CCCCC2)CC1. The van der Waals surface area contributed by atoms with Gasteiger partial charge in [0.25, 0.3) is 11.8 Å². The summed E-state index contributed by atoms with van der Waals surface area (Å²) in [6.45, 7) is 3.67. The van der Waals surface area contributed by atoms with Crippen molar-refractivity contribution in [1.82, 2.24) is 9.80 Å². The molecule has 0 unspecified atom stereocenters. The van der Waals surface area contributed by atoms with Crippen LogP contribution in [0.4, 0.5) is 4.39 Å². The van der Waals surface area contributed by atoms with Crippen LogP contribution in [0.1, 0.15) is 48.2 Å². The minimum absolute atomic E-state index is 0.0875. The summed E-state index contributed by atoms with van der Waals surface area (Å²) in [6, 6.07) is 10.1. The number of amides is 2. The average molecular weight is 429 g/mol. The Balaban J connectivity index is 1.35. The Morgan fingerprint density at radius 3 is 2.42 bits per heavy atom. The topological polar surface area (TPSA) is 58.2 Å². The lowest BCUT2D eigenvalue weighted by atomic mass is 9.93. The van der Waals surface area contributed by atoms with Gasteiger partial charge in [0.05, 0.1) is 32.4 Å². The molecule has 1 aliphatic carbocycles. The summed E-state index contributed by atoms with van der Waals surface area (Å²) in [5.74, 6) is 0.167. The van der Waals surface area contributed by atoms with E-state index in [1.165, 1.54) is 29.7 Å². The van der Waals surface area contributed by atoms with E-state index in [1.54, 1.807) is 29.2 Å². The third-order valence-corrected chi connectivity index (χ3v) is 6.49. The van der Waals surface area contributed by atoms with Crippen LogP contribution >= 0.6 is 0 Å². The number of nitrogens with zero attached hydrogens (tertiary/aromatic N) is 2. The molecule has 2 amide bonds. The maximum absolute atomic E-state index is 13.3. The maximum atomic E-state index is 13.3. The highest BCUT2D eigenvalue weighted by Crippen LogP contribution is 2.24. The molecule has 1 saturated heterocycles. The summed E-state index contributed by atoms with van der Waals surface area (Å²) >= 11 is 0. The molecule has 7 heteroatoms. The molecule has 0 radical (unpaired) electrons. The predicted octanol–water partition coefficient (Wildman–Crippen LogP) is 2.12. The third kappa shape index (κ3) is 5.53. The van der Waals surface area contributed by atoms with Crippen LogP contribution in [0.5, 0.6) is 0 Å². The van der Waals surface area contributed by atoms with Gasteiger partial charge in [-0.25, -0.2) is 4.39 Å². The molecular weight excluding hydrogens is 397 g/mol. The number of nitrogens with one attached hydrogen (secondary N) is 1. The van der Waals surface area contributed by atoms with E-state index in [0.29, 0.717) is 31.9 Å².